The Morgan fingerprint density at radius 1 is 1.28 bits per heavy atom. The van der Waals surface area contributed by atoms with Crippen molar-refractivity contribution in [3.8, 4) is 0 Å². The van der Waals surface area contributed by atoms with E-state index in [4.69, 9.17) is 0 Å². The molecule has 1 unspecified atom stereocenters. The highest BCUT2D eigenvalue weighted by atomic mass is 16.3. The third-order valence-electron chi connectivity index (χ3n) is 4.70. The second-order valence-electron chi connectivity index (χ2n) is 6.73. The molecule has 1 aliphatic rings. The van der Waals surface area contributed by atoms with E-state index in [1.54, 1.807) is 6.07 Å². The van der Waals surface area contributed by atoms with Gasteiger partial charge in [-0.05, 0) is 41.8 Å². The molecule has 2 aromatic rings. The number of nitrogens with one attached hydrogen (secondary N) is 1. The van der Waals surface area contributed by atoms with E-state index >= 15 is 0 Å². The summed E-state index contributed by atoms with van der Waals surface area (Å²) in [6.07, 6.45) is 0.285. The first-order chi connectivity index (χ1) is 12.0. The maximum absolute atomic E-state index is 12.3. The van der Waals surface area contributed by atoms with Crippen molar-refractivity contribution in [2.75, 3.05) is 44.0 Å². The summed E-state index contributed by atoms with van der Waals surface area (Å²) in [7, 11) is 5.95. The van der Waals surface area contributed by atoms with Gasteiger partial charge in [0.2, 0.25) is 0 Å². The molecule has 0 bridgehead atoms. The summed E-state index contributed by atoms with van der Waals surface area (Å²) in [6.45, 7) is 1.20. The number of carbonyl (C=O) groups excluding carboxylic acids is 1. The number of benzene rings is 2. The Hall–Kier alpha value is -2.53. The minimum Gasteiger partial charge on any atom is -0.387 e. The van der Waals surface area contributed by atoms with Crippen LogP contribution in [0.1, 0.15) is 27.6 Å². The van der Waals surface area contributed by atoms with Crippen molar-refractivity contribution in [2.45, 2.75) is 12.5 Å². The zero-order valence-corrected chi connectivity index (χ0v) is 15.0. The smallest absolute Gasteiger partial charge is 0.251 e. The van der Waals surface area contributed by atoms with Gasteiger partial charge in [0.1, 0.15) is 0 Å². The highest BCUT2D eigenvalue weighted by Crippen LogP contribution is 2.29. The van der Waals surface area contributed by atoms with E-state index in [2.05, 4.69) is 17.3 Å². The molecule has 2 aromatic carbocycles. The lowest BCUT2D eigenvalue weighted by Gasteiger charge is -2.16. The highest BCUT2D eigenvalue weighted by Gasteiger charge is 2.18. The highest BCUT2D eigenvalue weighted by molar-refractivity contribution is 5.95. The van der Waals surface area contributed by atoms with E-state index in [9.17, 15) is 9.90 Å². The van der Waals surface area contributed by atoms with Gasteiger partial charge in [-0.25, -0.2) is 0 Å². The molecule has 0 saturated carbocycles. The van der Waals surface area contributed by atoms with Gasteiger partial charge in [-0.15, -0.1) is 0 Å². The minimum atomic E-state index is -0.711. The van der Waals surface area contributed by atoms with Crippen LogP contribution in [0.5, 0.6) is 0 Å². The number of anilines is 2. The molecule has 1 aliphatic heterocycles. The van der Waals surface area contributed by atoms with Gasteiger partial charge in [-0.3, -0.25) is 4.79 Å². The van der Waals surface area contributed by atoms with Crippen molar-refractivity contribution >= 4 is 17.3 Å². The molecule has 0 aromatic heterocycles. The maximum atomic E-state index is 12.3. The monoisotopic (exact) mass is 339 g/mol. The van der Waals surface area contributed by atoms with E-state index in [0.717, 1.165) is 24.2 Å². The van der Waals surface area contributed by atoms with E-state index < -0.39 is 6.10 Å². The van der Waals surface area contributed by atoms with E-state index in [0.29, 0.717) is 5.56 Å². The van der Waals surface area contributed by atoms with Crippen LogP contribution in [0.4, 0.5) is 11.4 Å². The Balaban J connectivity index is 1.63. The lowest BCUT2D eigenvalue weighted by atomic mass is 10.0. The van der Waals surface area contributed by atoms with Gasteiger partial charge in [0.25, 0.3) is 5.91 Å². The van der Waals surface area contributed by atoms with Crippen LogP contribution in [0.15, 0.2) is 42.5 Å². The van der Waals surface area contributed by atoms with Crippen LogP contribution in [0.25, 0.3) is 0 Å². The molecule has 1 heterocycles. The standard InChI is InChI=1S/C20H25N3O2/c1-22(2)17-6-4-5-16(12-17)20(25)21-13-19(24)15-7-8-18-14(11-15)9-10-23(18)3/h4-8,11-12,19,24H,9-10,13H2,1-3H3,(H,21,25). The van der Waals surface area contributed by atoms with Crippen LogP contribution >= 0.6 is 0 Å². The predicted molar refractivity (Wildman–Crippen MR) is 101 cm³/mol. The topological polar surface area (TPSA) is 55.8 Å². The van der Waals surface area contributed by atoms with Crippen LogP contribution in [-0.4, -0.2) is 45.2 Å². The van der Waals surface area contributed by atoms with Crippen LogP contribution in [0, 0.1) is 0 Å². The van der Waals surface area contributed by atoms with Crippen LogP contribution in [-0.2, 0) is 6.42 Å². The third-order valence-corrected chi connectivity index (χ3v) is 4.70. The van der Waals surface area contributed by atoms with Gasteiger partial charge in [-0.1, -0.05) is 18.2 Å². The quantitative estimate of drug-likeness (QED) is 0.877. The molecule has 2 N–H and O–H groups in total. The molecule has 0 radical (unpaired) electrons. The zero-order valence-electron chi connectivity index (χ0n) is 15.0. The Morgan fingerprint density at radius 3 is 2.84 bits per heavy atom. The van der Waals surface area contributed by atoms with Crippen LogP contribution in [0.3, 0.4) is 0 Å². The fraction of sp³-hybridized carbons (Fsp3) is 0.350. The Labute approximate surface area is 148 Å². The lowest BCUT2D eigenvalue weighted by Crippen LogP contribution is -2.28. The van der Waals surface area contributed by atoms with Crippen molar-refractivity contribution in [3.05, 3.63) is 59.2 Å². The summed E-state index contributed by atoms with van der Waals surface area (Å²) < 4.78 is 0. The first kappa shape index (κ1) is 17.3. The number of nitrogens with zero attached hydrogens (tertiary/aromatic N) is 2. The van der Waals surface area contributed by atoms with Crippen LogP contribution < -0.4 is 15.1 Å². The second-order valence-corrected chi connectivity index (χ2v) is 6.73. The molecule has 1 atom stereocenters. The zero-order chi connectivity index (χ0) is 18.0. The first-order valence-electron chi connectivity index (χ1n) is 8.53. The number of fused-ring (bicyclic) bond motifs is 1. The molecule has 5 nitrogen and oxygen atoms in total. The third kappa shape index (κ3) is 3.77. The molecule has 1 amide bonds. The van der Waals surface area contributed by atoms with Gasteiger partial charge >= 0.3 is 0 Å². The number of carbonyl (C=O) groups is 1. The fourth-order valence-corrected chi connectivity index (χ4v) is 3.13. The van der Waals surface area contributed by atoms with E-state index in [-0.39, 0.29) is 12.5 Å². The number of hydrogen-bond acceptors (Lipinski definition) is 4. The molecule has 0 saturated heterocycles. The maximum Gasteiger partial charge on any atom is 0.251 e. The second kappa shape index (κ2) is 7.15. The Morgan fingerprint density at radius 2 is 2.08 bits per heavy atom. The molecule has 5 heteroatoms. The number of hydrogen-bond donors (Lipinski definition) is 2. The number of aliphatic hydroxyl groups excluding tert-OH is 1. The van der Waals surface area contributed by atoms with Crippen molar-refractivity contribution < 1.29 is 9.90 Å². The summed E-state index contributed by atoms with van der Waals surface area (Å²) in [5.74, 6) is -0.177. The van der Waals surface area contributed by atoms with Gasteiger partial charge in [0.05, 0.1) is 6.10 Å². The van der Waals surface area contributed by atoms with E-state index in [1.807, 2.05) is 55.4 Å². The number of amides is 1. The van der Waals surface area contributed by atoms with Crippen molar-refractivity contribution in [1.82, 2.24) is 5.32 Å². The number of aliphatic hydroxyl groups is 1. The van der Waals surface area contributed by atoms with Gasteiger partial charge in [0.15, 0.2) is 0 Å². The molecule has 0 spiro atoms. The number of likely N-dealkylation sites (N-methyl/N-ethyl adjacent to an activating group) is 1. The molecule has 132 valence electrons. The summed E-state index contributed by atoms with van der Waals surface area (Å²) >= 11 is 0. The van der Waals surface area contributed by atoms with Crippen LogP contribution in [0.2, 0.25) is 0 Å². The number of rotatable bonds is 5. The Kier molecular flexibility index (Phi) is 4.95. The van der Waals surface area contributed by atoms with Crippen molar-refractivity contribution in [3.63, 3.8) is 0 Å². The van der Waals surface area contributed by atoms with Gasteiger partial charge in [-0.2, -0.15) is 0 Å². The molecule has 0 fully saturated rings. The fourth-order valence-electron chi connectivity index (χ4n) is 3.13. The summed E-state index contributed by atoms with van der Waals surface area (Å²) in [4.78, 5) is 16.5. The van der Waals surface area contributed by atoms with Gasteiger partial charge < -0.3 is 20.2 Å². The molecule has 0 aliphatic carbocycles. The Bertz CT molecular complexity index is 773. The van der Waals surface area contributed by atoms with Crippen molar-refractivity contribution in [1.29, 1.82) is 0 Å². The largest absolute Gasteiger partial charge is 0.387 e. The minimum absolute atomic E-state index is 0.177. The molecular formula is C20H25N3O2. The predicted octanol–water partition coefficient (Wildman–Crippen LogP) is 2.21. The van der Waals surface area contributed by atoms with Crippen molar-refractivity contribution in [2.24, 2.45) is 0 Å². The summed E-state index contributed by atoms with van der Waals surface area (Å²) in [6, 6.07) is 13.5. The molecule has 3 rings (SSSR count). The SMILES string of the molecule is CN(C)c1cccc(C(=O)NCC(O)c2ccc3c(c2)CCN3C)c1. The average molecular weight is 339 g/mol. The summed E-state index contributed by atoms with van der Waals surface area (Å²) in [5.41, 5.74) is 4.88. The first-order valence-corrected chi connectivity index (χ1v) is 8.53. The average Bonchev–Trinajstić information content (AvgIpc) is 3.00. The van der Waals surface area contributed by atoms with Gasteiger partial charge in [0, 0.05) is 51.2 Å². The molecule has 25 heavy (non-hydrogen) atoms. The van der Waals surface area contributed by atoms with E-state index in [1.165, 1.54) is 11.3 Å². The lowest BCUT2D eigenvalue weighted by molar-refractivity contribution is 0.0916. The normalized spacial score (nSPS) is 14.2. The summed E-state index contributed by atoms with van der Waals surface area (Å²) in [5, 5.41) is 13.2. The molecular weight excluding hydrogens is 314 g/mol.